The fourth-order valence-corrected chi connectivity index (χ4v) is 2.10. The summed E-state index contributed by atoms with van der Waals surface area (Å²) in [5.41, 5.74) is 0.945. The first-order chi connectivity index (χ1) is 12.1. The summed E-state index contributed by atoms with van der Waals surface area (Å²) >= 11 is 0. The molecule has 2 rings (SSSR count). The summed E-state index contributed by atoms with van der Waals surface area (Å²) in [6.45, 7) is 1.87. The monoisotopic (exact) mass is 342 g/mol. The van der Waals surface area contributed by atoms with Crippen LogP contribution in [0.25, 0.3) is 0 Å². The third kappa shape index (κ3) is 6.18. The lowest BCUT2D eigenvalue weighted by molar-refractivity contribution is -0.129. The summed E-state index contributed by atoms with van der Waals surface area (Å²) in [5, 5.41) is 5.39. The highest BCUT2D eigenvalue weighted by Crippen LogP contribution is 2.11. The first-order valence-corrected chi connectivity index (χ1v) is 7.96. The molecule has 0 saturated carbocycles. The maximum Gasteiger partial charge on any atom is 0.258 e. The molecule has 0 aliphatic rings. The van der Waals surface area contributed by atoms with Gasteiger partial charge in [0.05, 0.1) is 7.11 Å². The van der Waals surface area contributed by atoms with Crippen molar-refractivity contribution in [3.63, 3.8) is 0 Å². The van der Waals surface area contributed by atoms with Gasteiger partial charge in [0.1, 0.15) is 17.5 Å². The molecule has 0 bridgehead atoms. The number of nitrogens with one attached hydrogen (secondary N) is 2. The van der Waals surface area contributed by atoms with Gasteiger partial charge >= 0.3 is 0 Å². The van der Waals surface area contributed by atoms with Crippen molar-refractivity contribution < 1.29 is 19.1 Å². The summed E-state index contributed by atoms with van der Waals surface area (Å²) in [6, 6.07) is 15.8. The van der Waals surface area contributed by atoms with E-state index in [0.717, 1.165) is 11.3 Å². The summed E-state index contributed by atoms with van der Waals surface area (Å²) in [4.78, 5) is 23.9. The summed E-state index contributed by atoms with van der Waals surface area (Å²) in [5.74, 6) is 0.753. The molecule has 0 spiro atoms. The minimum atomic E-state index is -0.648. The van der Waals surface area contributed by atoms with Gasteiger partial charge in [-0.2, -0.15) is 0 Å². The number of carbonyl (C=O) groups excluding carboxylic acids is 2. The van der Waals surface area contributed by atoms with Crippen LogP contribution in [0.5, 0.6) is 11.5 Å². The van der Waals surface area contributed by atoms with E-state index in [-0.39, 0.29) is 18.4 Å². The largest absolute Gasteiger partial charge is 0.497 e. The first kappa shape index (κ1) is 18.3. The van der Waals surface area contributed by atoms with Crippen molar-refractivity contribution in [3.8, 4) is 11.5 Å². The van der Waals surface area contributed by atoms with E-state index in [4.69, 9.17) is 9.47 Å². The van der Waals surface area contributed by atoms with Crippen LogP contribution in [-0.4, -0.2) is 31.6 Å². The fraction of sp³-hybridized carbons (Fsp3) is 0.263. The van der Waals surface area contributed by atoms with Crippen LogP contribution in [-0.2, 0) is 16.1 Å². The van der Waals surface area contributed by atoms with Crippen molar-refractivity contribution in [1.82, 2.24) is 10.6 Å². The second-order valence-corrected chi connectivity index (χ2v) is 5.46. The molecular weight excluding hydrogens is 320 g/mol. The summed E-state index contributed by atoms with van der Waals surface area (Å²) < 4.78 is 10.4. The lowest BCUT2D eigenvalue weighted by Crippen LogP contribution is -2.46. The fourth-order valence-electron chi connectivity index (χ4n) is 2.10. The van der Waals surface area contributed by atoms with E-state index >= 15 is 0 Å². The number of methoxy groups -OCH3 is 1. The van der Waals surface area contributed by atoms with Crippen molar-refractivity contribution >= 4 is 11.8 Å². The lowest BCUT2D eigenvalue weighted by atomic mass is 10.2. The van der Waals surface area contributed by atoms with Gasteiger partial charge in [-0.1, -0.05) is 30.3 Å². The second kappa shape index (κ2) is 9.32. The third-order valence-corrected chi connectivity index (χ3v) is 3.51. The molecule has 2 amide bonds. The summed E-state index contributed by atoms with van der Waals surface area (Å²) in [7, 11) is 1.60. The molecule has 0 aromatic heterocycles. The zero-order valence-electron chi connectivity index (χ0n) is 14.3. The molecular formula is C19H22N2O4. The minimum Gasteiger partial charge on any atom is -0.497 e. The van der Waals surface area contributed by atoms with Crippen LogP contribution in [0, 0.1) is 0 Å². The van der Waals surface area contributed by atoms with Gasteiger partial charge in [0.25, 0.3) is 5.91 Å². The SMILES string of the molecule is COc1ccc(CNC(=O)[C@H](C)NC(=O)COc2ccccc2)cc1. The van der Waals surface area contributed by atoms with Gasteiger partial charge in [-0.3, -0.25) is 9.59 Å². The number of ether oxygens (including phenoxy) is 2. The molecule has 6 heteroatoms. The zero-order valence-corrected chi connectivity index (χ0v) is 14.3. The zero-order chi connectivity index (χ0) is 18.1. The molecule has 25 heavy (non-hydrogen) atoms. The number of carbonyl (C=O) groups is 2. The van der Waals surface area contributed by atoms with Crippen LogP contribution < -0.4 is 20.1 Å². The Morgan fingerprint density at radius 3 is 2.32 bits per heavy atom. The number of benzene rings is 2. The van der Waals surface area contributed by atoms with E-state index in [1.165, 1.54) is 0 Å². The van der Waals surface area contributed by atoms with Crippen molar-refractivity contribution in [2.45, 2.75) is 19.5 Å². The van der Waals surface area contributed by atoms with E-state index in [2.05, 4.69) is 10.6 Å². The highest BCUT2D eigenvalue weighted by Gasteiger charge is 2.15. The Morgan fingerprint density at radius 2 is 1.68 bits per heavy atom. The average Bonchev–Trinajstić information content (AvgIpc) is 2.65. The predicted molar refractivity (Wildman–Crippen MR) is 94.4 cm³/mol. The molecule has 0 unspecified atom stereocenters. The quantitative estimate of drug-likeness (QED) is 0.768. The van der Waals surface area contributed by atoms with E-state index < -0.39 is 6.04 Å². The predicted octanol–water partition coefficient (Wildman–Crippen LogP) is 1.90. The smallest absolute Gasteiger partial charge is 0.258 e. The third-order valence-electron chi connectivity index (χ3n) is 3.51. The van der Waals surface area contributed by atoms with Crippen molar-refractivity contribution in [2.75, 3.05) is 13.7 Å². The Hall–Kier alpha value is -3.02. The Labute approximate surface area is 147 Å². The van der Waals surface area contributed by atoms with Gasteiger partial charge in [-0.05, 0) is 36.8 Å². The van der Waals surface area contributed by atoms with Gasteiger partial charge in [-0.25, -0.2) is 0 Å². The number of hydrogen-bond acceptors (Lipinski definition) is 4. The standard InChI is InChI=1S/C19H22N2O4/c1-14(21-18(22)13-25-17-6-4-3-5-7-17)19(23)20-12-15-8-10-16(24-2)11-9-15/h3-11,14H,12-13H2,1-2H3,(H,20,23)(H,21,22)/t14-/m0/s1. The van der Waals surface area contributed by atoms with E-state index in [1.54, 1.807) is 26.2 Å². The summed E-state index contributed by atoms with van der Waals surface area (Å²) in [6.07, 6.45) is 0. The van der Waals surface area contributed by atoms with E-state index in [9.17, 15) is 9.59 Å². The highest BCUT2D eigenvalue weighted by molar-refractivity contribution is 5.87. The molecule has 132 valence electrons. The van der Waals surface area contributed by atoms with Crippen LogP contribution in [0.2, 0.25) is 0 Å². The second-order valence-electron chi connectivity index (χ2n) is 5.46. The normalized spacial score (nSPS) is 11.3. The molecule has 6 nitrogen and oxygen atoms in total. The van der Waals surface area contributed by atoms with Crippen LogP contribution in [0.15, 0.2) is 54.6 Å². The highest BCUT2D eigenvalue weighted by atomic mass is 16.5. The first-order valence-electron chi connectivity index (χ1n) is 7.96. The molecule has 0 heterocycles. The van der Waals surface area contributed by atoms with Crippen LogP contribution in [0.4, 0.5) is 0 Å². The van der Waals surface area contributed by atoms with Crippen LogP contribution >= 0.6 is 0 Å². The maximum absolute atomic E-state index is 12.1. The Kier molecular flexibility index (Phi) is 6.83. The van der Waals surface area contributed by atoms with Crippen molar-refractivity contribution in [1.29, 1.82) is 0 Å². The van der Waals surface area contributed by atoms with E-state index in [0.29, 0.717) is 12.3 Å². The van der Waals surface area contributed by atoms with E-state index in [1.807, 2.05) is 42.5 Å². The van der Waals surface area contributed by atoms with Crippen molar-refractivity contribution in [2.24, 2.45) is 0 Å². The number of hydrogen-bond donors (Lipinski definition) is 2. The molecule has 2 aromatic rings. The molecule has 1 atom stereocenters. The molecule has 0 aliphatic heterocycles. The van der Waals surface area contributed by atoms with Gasteiger partial charge < -0.3 is 20.1 Å². The van der Waals surface area contributed by atoms with Crippen LogP contribution in [0.3, 0.4) is 0 Å². The Bertz CT molecular complexity index is 686. The molecule has 0 fully saturated rings. The number of amides is 2. The molecule has 2 aromatic carbocycles. The van der Waals surface area contributed by atoms with Gasteiger partial charge in [-0.15, -0.1) is 0 Å². The molecule has 0 radical (unpaired) electrons. The number of para-hydroxylation sites is 1. The van der Waals surface area contributed by atoms with Gasteiger partial charge in [0, 0.05) is 6.54 Å². The topological polar surface area (TPSA) is 76.7 Å². The van der Waals surface area contributed by atoms with Gasteiger partial charge in [0.2, 0.25) is 5.91 Å². The molecule has 0 aliphatic carbocycles. The Morgan fingerprint density at radius 1 is 1.00 bits per heavy atom. The lowest BCUT2D eigenvalue weighted by Gasteiger charge is -2.14. The van der Waals surface area contributed by atoms with Gasteiger partial charge in [0.15, 0.2) is 6.61 Å². The average molecular weight is 342 g/mol. The maximum atomic E-state index is 12.1. The molecule has 0 saturated heterocycles. The minimum absolute atomic E-state index is 0.139. The number of rotatable bonds is 8. The molecule has 2 N–H and O–H groups in total. The van der Waals surface area contributed by atoms with Crippen LogP contribution in [0.1, 0.15) is 12.5 Å². The Balaban J connectivity index is 1.72. The van der Waals surface area contributed by atoms with Crippen molar-refractivity contribution in [3.05, 3.63) is 60.2 Å².